The fourth-order valence-electron chi connectivity index (χ4n) is 5.74. The first-order valence-corrected chi connectivity index (χ1v) is 14.6. The Kier molecular flexibility index (Phi) is 6.79. The van der Waals surface area contributed by atoms with E-state index >= 15 is 0 Å². The average Bonchev–Trinajstić information content (AvgIpc) is 3.56. The lowest BCUT2D eigenvalue weighted by atomic mass is 9.95. The highest BCUT2D eigenvalue weighted by atomic mass is 32.2. The molecule has 2 aromatic rings. The molecule has 2 heterocycles. The van der Waals surface area contributed by atoms with E-state index in [0.29, 0.717) is 12.1 Å². The molecule has 4 aliphatic rings. The zero-order valence-electron chi connectivity index (χ0n) is 19.9. The number of allylic oxidation sites excluding steroid dienone is 2. The van der Waals surface area contributed by atoms with Crippen molar-refractivity contribution in [2.45, 2.75) is 76.3 Å². The third-order valence-electron chi connectivity index (χ3n) is 7.64. The van der Waals surface area contributed by atoms with Crippen LogP contribution >= 0.6 is 23.9 Å². The van der Waals surface area contributed by atoms with E-state index in [1.807, 2.05) is 23.9 Å². The molecule has 0 bridgehead atoms. The summed E-state index contributed by atoms with van der Waals surface area (Å²) >= 11 is 3.99. The van der Waals surface area contributed by atoms with Crippen molar-refractivity contribution in [1.82, 2.24) is 8.61 Å². The van der Waals surface area contributed by atoms with Crippen LogP contribution in [0.2, 0.25) is 0 Å². The van der Waals surface area contributed by atoms with E-state index in [1.165, 1.54) is 96.3 Å². The van der Waals surface area contributed by atoms with Crippen LogP contribution in [0.1, 0.15) is 75.3 Å². The summed E-state index contributed by atoms with van der Waals surface area (Å²) in [5, 5.41) is 0. The second kappa shape index (κ2) is 10.3. The minimum atomic E-state index is 0.653. The molecule has 34 heavy (non-hydrogen) atoms. The number of nitrogens with zero attached hydrogens (tertiary/aromatic N) is 2. The van der Waals surface area contributed by atoms with Crippen molar-refractivity contribution in [2.75, 3.05) is 0 Å². The molecular weight excluding hydrogens is 452 g/mol. The Morgan fingerprint density at radius 1 is 0.500 bits per heavy atom. The molecule has 6 rings (SSSR count). The summed E-state index contributed by atoms with van der Waals surface area (Å²) in [4.78, 5) is 2.88. The van der Waals surface area contributed by atoms with Crippen LogP contribution in [0.5, 0.6) is 0 Å². The molecule has 0 radical (unpaired) electrons. The average molecular weight is 487 g/mol. The summed E-state index contributed by atoms with van der Waals surface area (Å²) in [5.41, 5.74) is 5.46. The van der Waals surface area contributed by atoms with Gasteiger partial charge in [0.1, 0.15) is 0 Å². The third-order valence-corrected chi connectivity index (χ3v) is 10.2. The number of benzene rings is 2. The molecule has 2 aromatic carbocycles. The highest BCUT2D eigenvalue weighted by Gasteiger charge is 2.35. The van der Waals surface area contributed by atoms with Gasteiger partial charge in [-0.1, -0.05) is 99.2 Å². The van der Waals surface area contributed by atoms with Crippen LogP contribution in [0, 0.1) is 0 Å². The van der Waals surface area contributed by atoms with Gasteiger partial charge in [-0.3, -0.25) is 0 Å². The van der Waals surface area contributed by atoms with Gasteiger partial charge in [0.25, 0.3) is 0 Å². The Hall–Kier alpha value is -2.04. The van der Waals surface area contributed by atoms with Crippen LogP contribution in [0.25, 0.3) is 11.1 Å². The van der Waals surface area contributed by atoms with Crippen molar-refractivity contribution in [1.29, 1.82) is 0 Å². The Bertz CT molecular complexity index is 990. The number of hydrogen-bond donors (Lipinski definition) is 0. The van der Waals surface area contributed by atoms with Crippen LogP contribution in [0.15, 0.2) is 82.9 Å². The third kappa shape index (κ3) is 4.59. The van der Waals surface area contributed by atoms with E-state index in [2.05, 4.69) is 81.7 Å². The molecule has 0 amide bonds. The standard InChI is InChI=1S/C30H34N2S2/c1-5-13-23(14-6-1)27-21-31(25-17-9-3-10-18-25)33-29(27)30-28(24-15-7-2-8-16-24)22-32(34-30)26-19-11-4-12-20-26/h1-2,5-8,13-16,21-22,25-26H,3-4,9-12,17-20H2/b30-29+. The van der Waals surface area contributed by atoms with Crippen LogP contribution in [-0.4, -0.2) is 20.7 Å². The quantitative estimate of drug-likeness (QED) is 0.398. The van der Waals surface area contributed by atoms with Crippen LogP contribution in [0.3, 0.4) is 0 Å². The molecule has 0 saturated heterocycles. The van der Waals surface area contributed by atoms with E-state index < -0.39 is 0 Å². The monoisotopic (exact) mass is 486 g/mol. The van der Waals surface area contributed by atoms with Gasteiger partial charge in [0.15, 0.2) is 0 Å². The Labute approximate surface area is 213 Å². The molecule has 2 aliphatic carbocycles. The van der Waals surface area contributed by atoms with Crippen LogP contribution in [0.4, 0.5) is 0 Å². The minimum absolute atomic E-state index is 0.653. The summed E-state index contributed by atoms with van der Waals surface area (Å²) in [5.74, 6) is 0. The number of hydrogen-bond acceptors (Lipinski definition) is 4. The maximum absolute atomic E-state index is 2.59. The molecular formula is C30H34N2S2. The topological polar surface area (TPSA) is 6.48 Å². The lowest BCUT2D eigenvalue weighted by Gasteiger charge is -2.30. The van der Waals surface area contributed by atoms with Gasteiger partial charge >= 0.3 is 0 Å². The van der Waals surface area contributed by atoms with Crippen molar-refractivity contribution in [3.8, 4) is 0 Å². The fraction of sp³-hybridized carbons (Fsp3) is 0.400. The number of rotatable bonds is 4. The van der Waals surface area contributed by atoms with Crippen molar-refractivity contribution < 1.29 is 0 Å². The first-order chi connectivity index (χ1) is 16.9. The van der Waals surface area contributed by atoms with Crippen molar-refractivity contribution in [2.24, 2.45) is 0 Å². The molecule has 0 aromatic heterocycles. The van der Waals surface area contributed by atoms with Gasteiger partial charge in [-0.15, -0.1) is 0 Å². The van der Waals surface area contributed by atoms with Gasteiger partial charge < -0.3 is 8.61 Å². The largest absolute Gasteiger partial charge is 0.315 e. The zero-order valence-corrected chi connectivity index (χ0v) is 21.5. The van der Waals surface area contributed by atoms with Gasteiger partial charge in [0.2, 0.25) is 0 Å². The molecule has 2 fully saturated rings. The smallest absolute Gasteiger partial charge is 0.0540 e. The summed E-state index contributed by atoms with van der Waals surface area (Å²) < 4.78 is 5.19. The molecule has 0 spiro atoms. The van der Waals surface area contributed by atoms with Crippen molar-refractivity contribution in [3.05, 3.63) is 94.0 Å². The Morgan fingerprint density at radius 3 is 1.26 bits per heavy atom. The van der Waals surface area contributed by atoms with E-state index in [0.717, 1.165) is 0 Å². The second-order valence-electron chi connectivity index (χ2n) is 9.96. The highest BCUT2D eigenvalue weighted by Crippen LogP contribution is 2.54. The second-order valence-corrected chi connectivity index (χ2v) is 12.0. The molecule has 176 valence electrons. The maximum Gasteiger partial charge on any atom is 0.0540 e. The van der Waals surface area contributed by atoms with Crippen LogP contribution in [-0.2, 0) is 0 Å². The lowest BCUT2D eigenvalue weighted by Crippen LogP contribution is -2.26. The molecule has 4 heteroatoms. The summed E-state index contributed by atoms with van der Waals surface area (Å²) in [6, 6.07) is 23.4. The van der Waals surface area contributed by atoms with Crippen molar-refractivity contribution >= 4 is 35.0 Å². The Balaban J connectivity index is 1.42. The normalized spacial score (nSPS) is 24.5. The summed E-state index contributed by atoms with van der Waals surface area (Å²) in [6.07, 6.45) is 18.4. The SMILES string of the molecule is C1=C(c2ccccc2)/C(=C2\SN(C3CCCCC3)C=C2c2ccccc2)SN1C1CCCCC1. The first kappa shape index (κ1) is 22.4. The van der Waals surface area contributed by atoms with E-state index in [4.69, 9.17) is 0 Å². The molecule has 2 nitrogen and oxygen atoms in total. The predicted octanol–water partition coefficient (Wildman–Crippen LogP) is 8.87. The lowest BCUT2D eigenvalue weighted by molar-refractivity contribution is 0.327. The van der Waals surface area contributed by atoms with Gasteiger partial charge in [-0.2, -0.15) is 0 Å². The zero-order chi connectivity index (χ0) is 22.7. The van der Waals surface area contributed by atoms with Crippen molar-refractivity contribution in [3.63, 3.8) is 0 Å². The molecule has 0 atom stereocenters. The maximum atomic E-state index is 2.59. The summed E-state index contributed by atoms with van der Waals surface area (Å²) in [6.45, 7) is 0. The van der Waals surface area contributed by atoms with Gasteiger partial charge in [0, 0.05) is 35.6 Å². The van der Waals surface area contributed by atoms with E-state index in [1.54, 1.807) is 0 Å². The first-order valence-electron chi connectivity index (χ1n) is 13.1. The van der Waals surface area contributed by atoms with E-state index in [9.17, 15) is 0 Å². The molecule has 2 saturated carbocycles. The molecule has 0 N–H and O–H groups in total. The van der Waals surface area contributed by atoms with Gasteiger partial charge in [0.05, 0.1) is 9.81 Å². The summed E-state index contributed by atoms with van der Waals surface area (Å²) in [7, 11) is 0. The van der Waals surface area contributed by atoms with Gasteiger partial charge in [-0.05, 0) is 60.7 Å². The predicted molar refractivity (Wildman–Crippen MR) is 148 cm³/mol. The van der Waals surface area contributed by atoms with E-state index in [-0.39, 0.29) is 0 Å². The Morgan fingerprint density at radius 2 is 0.882 bits per heavy atom. The minimum Gasteiger partial charge on any atom is -0.315 e. The highest BCUT2D eigenvalue weighted by molar-refractivity contribution is 8.05. The van der Waals surface area contributed by atoms with Crippen LogP contribution < -0.4 is 0 Å². The fourth-order valence-corrected chi connectivity index (χ4v) is 8.34. The van der Waals surface area contributed by atoms with Gasteiger partial charge in [-0.25, -0.2) is 0 Å². The molecule has 0 unspecified atom stereocenters. The molecule has 2 aliphatic heterocycles.